The van der Waals surface area contributed by atoms with Crippen LogP contribution in [0.3, 0.4) is 0 Å². The zero-order valence-corrected chi connectivity index (χ0v) is 21.1. The van der Waals surface area contributed by atoms with E-state index in [1.165, 1.54) is 11.3 Å². The molecule has 0 aliphatic carbocycles. The number of nitrogens with zero attached hydrogens (tertiary/aromatic N) is 6. The van der Waals surface area contributed by atoms with Crippen molar-refractivity contribution in [3.8, 4) is 6.07 Å². The Balaban J connectivity index is 1.36. The van der Waals surface area contributed by atoms with Gasteiger partial charge in [-0.15, -0.1) is 11.3 Å². The number of aryl methyl sites for hydroxylation is 1. The molecule has 2 fully saturated rings. The smallest absolute Gasteiger partial charge is 0.271 e. The molecular weight excluding hydrogens is 448 g/mol. The van der Waals surface area contributed by atoms with Crippen molar-refractivity contribution in [2.45, 2.75) is 64.5 Å². The van der Waals surface area contributed by atoms with Crippen molar-refractivity contribution < 1.29 is 4.79 Å². The third-order valence-electron chi connectivity index (χ3n) is 6.64. The molecule has 0 radical (unpaired) electrons. The molecular formula is C24H34N8OS. The van der Waals surface area contributed by atoms with Crippen LogP contribution in [0.1, 0.15) is 67.5 Å². The van der Waals surface area contributed by atoms with E-state index in [1.807, 2.05) is 13.0 Å². The minimum atomic E-state index is -0.119. The molecule has 2 aromatic heterocycles. The number of rotatable bonds is 7. The van der Waals surface area contributed by atoms with Gasteiger partial charge in [0.25, 0.3) is 5.91 Å². The van der Waals surface area contributed by atoms with Gasteiger partial charge >= 0.3 is 0 Å². The summed E-state index contributed by atoms with van der Waals surface area (Å²) in [5.41, 5.74) is 1.42. The molecule has 0 spiro atoms. The molecule has 4 rings (SSSR count). The Morgan fingerprint density at radius 1 is 1.24 bits per heavy atom. The summed E-state index contributed by atoms with van der Waals surface area (Å²) in [4.78, 5) is 31.0. The Labute approximate surface area is 205 Å². The SMILES string of the molecule is Cc1nc(Nc2nc(C(=O)NC3CCN(C(C)C)CC3)cs2)cc([C@@H]2CCCN(CC#N)C2)n1. The summed E-state index contributed by atoms with van der Waals surface area (Å²) in [5, 5.41) is 17.9. The molecule has 4 heterocycles. The average molecular weight is 483 g/mol. The maximum atomic E-state index is 12.7. The second-order valence-corrected chi connectivity index (χ2v) is 10.4. The number of hydrogen-bond acceptors (Lipinski definition) is 9. The number of amides is 1. The van der Waals surface area contributed by atoms with Crippen molar-refractivity contribution in [2.75, 3.05) is 38.0 Å². The van der Waals surface area contributed by atoms with Gasteiger partial charge in [0.1, 0.15) is 17.3 Å². The lowest BCUT2D eigenvalue weighted by atomic mass is 9.94. The topological polar surface area (TPSA) is 110 Å². The molecule has 182 valence electrons. The Morgan fingerprint density at radius 3 is 2.76 bits per heavy atom. The quantitative estimate of drug-likeness (QED) is 0.579. The number of carbonyl (C=O) groups is 1. The number of piperidine rings is 2. The Morgan fingerprint density at radius 2 is 2.03 bits per heavy atom. The van der Waals surface area contributed by atoms with E-state index >= 15 is 0 Å². The summed E-state index contributed by atoms with van der Waals surface area (Å²) in [6, 6.07) is 4.96. The molecule has 0 bridgehead atoms. The van der Waals surface area contributed by atoms with Crippen molar-refractivity contribution >= 4 is 28.2 Å². The highest BCUT2D eigenvalue weighted by Crippen LogP contribution is 2.28. The summed E-state index contributed by atoms with van der Waals surface area (Å²) in [6.07, 6.45) is 4.04. The monoisotopic (exact) mass is 482 g/mol. The molecule has 2 N–H and O–H groups in total. The van der Waals surface area contributed by atoms with Gasteiger partial charge in [-0.3, -0.25) is 9.69 Å². The van der Waals surface area contributed by atoms with Crippen LogP contribution in [0.4, 0.5) is 10.9 Å². The molecule has 2 saturated heterocycles. The van der Waals surface area contributed by atoms with E-state index in [1.54, 1.807) is 5.38 Å². The zero-order chi connectivity index (χ0) is 24.1. The van der Waals surface area contributed by atoms with Crippen LogP contribution in [0.5, 0.6) is 0 Å². The number of hydrogen-bond donors (Lipinski definition) is 2. The molecule has 2 aliphatic rings. The van der Waals surface area contributed by atoms with Gasteiger partial charge in [0, 0.05) is 49.1 Å². The second kappa shape index (κ2) is 11.2. The molecule has 9 nitrogen and oxygen atoms in total. The fourth-order valence-corrected chi connectivity index (χ4v) is 5.47. The van der Waals surface area contributed by atoms with Gasteiger partial charge in [-0.05, 0) is 53.0 Å². The van der Waals surface area contributed by atoms with Crippen LogP contribution in [0, 0.1) is 18.3 Å². The Bertz CT molecular complexity index is 1020. The lowest BCUT2D eigenvalue weighted by Crippen LogP contribution is -2.46. The standard InChI is InChI=1S/C24H34N8OS/c1-16(2)32-10-6-19(7-11-32)28-23(33)21-15-34-24(29-21)30-22-13-20(26-17(3)27-22)18-5-4-9-31(14-18)12-8-25/h13,15-16,18-19H,4-7,9-12,14H2,1-3H3,(H,28,33)(H,26,27,29,30)/t18-/m1/s1. The van der Waals surface area contributed by atoms with E-state index in [-0.39, 0.29) is 17.9 Å². The zero-order valence-electron chi connectivity index (χ0n) is 20.3. The average Bonchev–Trinajstić information content (AvgIpc) is 3.28. The van der Waals surface area contributed by atoms with Crippen molar-refractivity contribution in [1.29, 1.82) is 5.26 Å². The Hall–Kier alpha value is -2.61. The molecule has 1 atom stereocenters. The van der Waals surface area contributed by atoms with Gasteiger partial charge in [-0.1, -0.05) is 0 Å². The maximum absolute atomic E-state index is 12.7. The number of anilines is 2. The predicted molar refractivity (Wildman–Crippen MR) is 133 cm³/mol. The fourth-order valence-electron chi connectivity index (χ4n) is 4.77. The van der Waals surface area contributed by atoms with Crippen LogP contribution in [0.15, 0.2) is 11.4 Å². The second-order valence-electron chi connectivity index (χ2n) is 9.50. The van der Waals surface area contributed by atoms with E-state index in [2.05, 4.69) is 55.3 Å². The van der Waals surface area contributed by atoms with Gasteiger partial charge in [0.05, 0.1) is 18.3 Å². The molecule has 0 unspecified atom stereocenters. The van der Waals surface area contributed by atoms with Crippen LogP contribution >= 0.6 is 11.3 Å². The number of nitrogens with one attached hydrogen (secondary N) is 2. The molecule has 1 amide bonds. The summed E-state index contributed by atoms with van der Waals surface area (Å²) >= 11 is 1.40. The lowest BCUT2D eigenvalue weighted by molar-refractivity contribution is 0.0896. The van der Waals surface area contributed by atoms with Gasteiger partial charge in [-0.2, -0.15) is 5.26 Å². The van der Waals surface area contributed by atoms with Crippen molar-refractivity contribution in [1.82, 2.24) is 30.1 Å². The van der Waals surface area contributed by atoms with E-state index in [0.717, 1.165) is 57.6 Å². The lowest BCUT2D eigenvalue weighted by Gasteiger charge is -2.34. The summed E-state index contributed by atoms with van der Waals surface area (Å²) in [5.74, 6) is 1.54. The Kier molecular flexibility index (Phi) is 8.08. The normalized spacial score (nSPS) is 20.3. The van der Waals surface area contributed by atoms with Crippen LogP contribution in [-0.4, -0.2) is 75.5 Å². The van der Waals surface area contributed by atoms with Crippen LogP contribution in [0.2, 0.25) is 0 Å². The van der Waals surface area contributed by atoms with E-state index in [0.29, 0.717) is 35.1 Å². The third-order valence-corrected chi connectivity index (χ3v) is 7.40. The minimum absolute atomic E-state index is 0.119. The van der Waals surface area contributed by atoms with Crippen molar-refractivity contribution in [3.05, 3.63) is 28.7 Å². The highest BCUT2D eigenvalue weighted by atomic mass is 32.1. The van der Waals surface area contributed by atoms with Crippen LogP contribution < -0.4 is 10.6 Å². The predicted octanol–water partition coefficient (Wildman–Crippen LogP) is 3.29. The number of thiazole rings is 1. The largest absolute Gasteiger partial charge is 0.348 e. The first-order chi connectivity index (χ1) is 16.4. The first-order valence-corrected chi connectivity index (χ1v) is 13.0. The van der Waals surface area contributed by atoms with E-state index in [4.69, 9.17) is 5.26 Å². The minimum Gasteiger partial charge on any atom is -0.348 e. The van der Waals surface area contributed by atoms with Gasteiger partial charge in [-0.25, -0.2) is 15.0 Å². The fraction of sp³-hybridized carbons (Fsp3) is 0.625. The molecule has 0 saturated carbocycles. The van der Waals surface area contributed by atoms with E-state index in [9.17, 15) is 4.79 Å². The van der Waals surface area contributed by atoms with Gasteiger partial charge < -0.3 is 15.5 Å². The first kappa shape index (κ1) is 24.5. The number of carbonyl (C=O) groups excluding carboxylic acids is 1. The van der Waals surface area contributed by atoms with Crippen LogP contribution in [-0.2, 0) is 0 Å². The third kappa shape index (κ3) is 6.29. The molecule has 34 heavy (non-hydrogen) atoms. The number of aromatic nitrogens is 3. The maximum Gasteiger partial charge on any atom is 0.271 e. The van der Waals surface area contributed by atoms with E-state index < -0.39 is 0 Å². The van der Waals surface area contributed by atoms with Crippen molar-refractivity contribution in [2.24, 2.45) is 0 Å². The van der Waals surface area contributed by atoms with Crippen LogP contribution in [0.25, 0.3) is 0 Å². The number of likely N-dealkylation sites (tertiary alicyclic amines) is 2. The highest BCUT2D eigenvalue weighted by Gasteiger charge is 2.25. The number of nitriles is 1. The molecule has 0 aromatic carbocycles. The summed E-state index contributed by atoms with van der Waals surface area (Å²) in [6.45, 7) is 10.6. The highest BCUT2D eigenvalue weighted by molar-refractivity contribution is 7.14. The molecule has 2 aliphatic heterocycles. The summed E-state index contributed by atoms with van der Waals surface area (Å²) in [7, 11) is 0. The molecule has 2 aromatic rings. The van der Waals surface area contributed by atoms with Gasteiger partial charge in [0.2, 0.25) is 0 Å². The molecule has 10 heteroatoms. The van der Waals surface area contributed by atoms with Crippen molar-refractivity contribution in [3.63, 3.8) is 0 Å². The first-order valence-electron chi connectivity index (χ1n) is 12.1. The van der Waals surface area contributed by atoms with Gasteiger partial charge in [0.15, 0.2) is 5.13 Å². The summed E-state index contributed by atoms with van der Waals surface area (Å²) < 4.78 is 0.